The van der Waals surface area contributed by atoms with Crippen LogP contribution >= 0.6 is 0 Å². The first-order valence-electron chi connectivity index (χ1n) is 10.1. The summed E-state index contributed by atoms with van der Waals surface area (Å²) in [5.74, 6) is 1.48. The lowest BCUT2D eigenvalue weighted by molar-refractivity contribution is -0.136. The molecule has 2 fully saturated rings. The highest BCUT2D eigenvalue weighted by Gasteiger charge is 2.40. The van der Waals surface area contributed by atoms with Gasteiger partial charge in [-0.05, 0) is 55.2 Å². The second kappa shape index (κ2) is 7.00. The van der Waals surface area contributed by atoms with Crippen LogP contribution in [-0.4, -0.2) is 32.7 Å². The van der Waals surface area contributed by atoms with Gasteiger partial charge < -0.3 is 4.90 Å². The maximum absolute atomic E-state index is 14.0. The van der Waals surface area contributed by atoms with E-state index in [9.17, 15) is 13.2 Å². The predicted octanol–water partition coefficient (Wildman–Crippen LogP) is 4.48. The molecule has 1 aliphatic heterocycles. The van der Waals surface area contributed by atoms with Crippen LogP contribution in [0, 0.1) is 5.92 Å². The molecule has 1 aliphatic carbocycles. The zero-order valence-electron chi connectivity index (χ0n) is 15.9. The van der Waals surface area contributed by atoms with Crippen molar-refractivity contribution >= 4 is 11.3 Å². The second-order valence-electron chi connectivity index (χ2n) is 8.08. The lowest BCUT2D eigenvalue weighted by Gasteiger charge is -2.35. The molecule has 2 aliphatic rings. The summed E-state index contributed by atoms with van der Waals surface area (Å²) in [5, 5.41) is 8.02. The van der Waals surface area contributed by atoms with Gasteiger partial charge in [0.05, 0.1) is 5.69 Å². The van der Waals surface area contributed by atoms with Crippen LogP contribution in [0.2, 0.25) is 0 Å². The summed E-state index contributed by atoms with van der Waals surface area (Å²) in [4.78, 5) is 6.00. The summed E-state index contributed by atoms with van der Waals surface area (Å²) in [6.07, 6.45) is 5.32. The van der Waals surface area contributed by atoms with E-state index in [2.05, 4.69) is 15.2 Å². The van der Waals surface area contributed by atoms with Crippen LogP contribution in [-0.2, 0) is 12.6 Å². The Bertz CT molecular complexity index is 1000. The molecule has 8 heteroatoms. The fraction of sp³-hybridized carbons (Fsp3) is 0.476. The van der Waals surface area contributed by atoms with E-state index in [1.165, 1.54) is 4.40 Å². The van der Waals surface area contributed by atoms with E-state index in [0.717, 1.165) is 31.2 Å². The zero-order chi connectivity index (χ0) is 20.0. The molecule has 1 saturated carbocycles. The van der Waals surface area contributed by atoms with Crippen molar-refractivity contribution in [2.75, 3.05) is 18.0 Å². The molecule has 0 N–H and O–H groups in total. The summed E-state index contributed by atoms with van der Waals surface area (Å²) in [5.41, 5.74) is 0.607. The first-order chi connectivity index (χ1) is 14.0. The van der Waals surface area contributed by atoms with Gasteiger partial charge in [0.15, 0.2) is 5.65 Å². The molecular formula is C21H22F3N5. The highest BCUT2D eigenvalue weighted by atomic mass is 19.4. The molecule has 0 atom stereocenters. The minimum atomic E-state index is -4.48. The van der Waals surface area contributed by atoms with Gasteiger partial charge >= 0.3 is 6.18 Å². The van der Waals surface area contributed by atoms with Crippen molar-refractivity contribution in [3.8, 4) is 0 Å². The van der Waals surface area contributed by atoms with Crippen LogP contribution < -0.4 is 4.90 Å². The van der Waals surface area contributed by atoms with Crippen molar-refractivity contribution in [2.45, 2.75) is 44.2 Å². The number of hydrogen-bond acceptors (Lipinski definition) is 4. The van der Waals surface area contributed by atoms with Crippen LogP contribution in [0.15, 0.2) is 36.8 Å². The number of pyridine rings is 2. The average molecular weight is 401 g/mol. The molecule has 0 unspecified atom stereocenters. The van der Waals surface area contributed by atoms with Crippen LogP contribution in [0.1, 0.15) is 48.6 Å². The maximum Gasteiger partial charge on any atom is 0.422 e. The molecule has 1 saturated heterocycles. The van der Waals surface area contributed by atoms with Crippen molar-refractivity contribution in [1.29, 1.82) is 0 Å². The number of halogens is 3. The fourth-order valence-corrected chi connectivity index (χ4v) is 4.32. The van der Waals surface area contributed by atoms with Crippen LogP contribution in [0.25, 0.3) is 5.65 Å². The topological polar surface area (TPSA) is 46.3 Å². The van der Waals surface area contributed by atoms with Gasteiger partial charge in [-0.15, -0.1) is 10.2 Å². The predicted molar refractivity (Wildman–Crippen MR) is 103 cm³/mol. The molecule has 0 bridgehead atoms. The zero-order valence-corrected chi connectivity index (χ0v) is 15.9. The average Bonchev–Trinajstić information content (AvgIpc) is 3.46. The number of anilines is 1. The molecule has 0 amide bonds. The van der Waals surface area contributed by atoms with E-state index in [0.29, 0.717) is 37.2 Å². The smallest absolute Gasteiger partial charge is 0.371 e. The minimum Gasteiger partial charge on any atom is -0.371 e. The Morgan fingerprint density at radius 3 is 2.48 bits per heavy atom. The number of nitrogens with zero attached hydrogens (tertiary/aromatic N) is 5. The van der Waals surface area contributed by atoms with E-state index in [-0.39, 0.29) is 11.3 Å². The number of rotatable bonds is 4. The molecule has 5 nitrogen and oxygen atoms in total. The molecule has 152 valence electrons. The molecule has 4 heterocycles. The largest absolute Gasteiger partial charge is 0.422 e. The van der Waals surface area contributed by atoms with Crippen molar-refractivity contribution in [3.63, 3.8) is 0 Å². The van der Waals surface area contributed by atoms with Gasteiger partial charge in [0.1, 0.15) is 11.4 Å². The van der Waals surface area contributed by atoms with Crippen molar-refractivity contribution in [1.82, 2.24) is 19.6 Å². The Kier molecular flexibility index (Phi) is 4.44. The van der Waals surface area contributed by atoms with Crippen molar-refractivity contribution in [3.05, 3.63) is 53.7 Å². The molecule has 0 aromatic carbocycles. The van der Waals surface area contributed by atoms with Gasteiger partial charge in [-0.1, -0.05) is 6.07 Å². The van der Waals surface area contributed by atoms with Gasteiger partial charge in [-0.3, -0.25) is 9.38 Å². The summed E-state index contributed by atoms with van der Waals surface area (Å²) in [6.45, 7) is 1.14. The first-order valence-corrected chi connectivity index (χ1v) is 10.1. The molecule has 3 aromatic rings. The van der Waals surface area contributed by atoms with Crippen molar-refractivity contribution < 1.29 is 13.2 Å². The van der Waals surface area contributed by atoms with Crippen molar-refractivity contribution in [2.24, 2.45) is 5.92 Å². The third-order valence-corrected chi connectivity index (χ3v) is 6.07. The van der Waals surface area contributed by atoms with E-state index in [4.69, 9.17) is 0 Å². The maximum atomic E-state index is 14.0. The molecule has 5 rings (SSSR count). The first kappa shape index (κ1) is 18.4. The number of hydrogen-bond donors (Lipinski definition) is 0. The molecule has 0 radical (unpaired) electrons. The number of aromatic nitrogens is 4. The normalized spacial score (nSPS) is 18.5. The summed E-state index contributed by atoms with van der Waals surface area (Å²) >= 11 is 0. The summed E-state index contributed by atoms with van der Waals surface area (Å²) in [7, 11) is 0. The van der Waals surface area contributed by atoms with Gasteiger partial charge in [0.25, 0.3) is 0 Å². The van der Waals surface area contributed by atoms with Crippen LogP contribution in [0.5, 0.6) is 0 Å². The Balaban J connectivity index is 1.45. The van der Waals surface area contributed by atoms with Crippen LogP contribution in [0.4, 0.5) is 18.9 Å². The number of fused-ring (bicyclic) bond motifs is 1. The van der Waals surface area contributed by atoms with E-state index in [1.807, 2.05) is 23.2 Å². The Labute approximate surface area is 166 Å². The molecular weight excluding hydrogens is 379 g/mol. The fourth-order valence-electron chi connectivity index (χ4n) is 4.32. The van der Waals surface area contributed by atoms with Crippen LogP contribution in [0.3, 0.4) is 0 Å². The van der Waals surface area contributed by atoms with Gasteiger partial charge in [-0.25, -0.2) is 0 Å². The van der Waals surface area contributed by atoms with Gasteiger partial charge in [0, 0.05) is 38.1 Å². The highest BCUT2D eigenvalue weighted by molar-refractivity contribution is 5.67. The van der Waals surface area contributed by atoms with E-state index in [1.54, 1.807) is 18.5 Å². The summed E-state index contributed by atoms with van der Waals surface area (Å²) in [6, 6.07) is 5.53. The van der Waals surface area contributed by atoms with Gasteiger partial charge in [-0.2, -0.15) is 13.2 Å². The Hall–Kier alpha value is -2.64. The summed E-state index contributed by atoms with van der Waals surface area (Å²) < 4.78 is 43.6. The number of alkyl halides is 3. The lowest BCUT2D eigenvalue weighted by atomic mass is 9.90. The molecule has 0 spiro atoms. The Morgan fingerprint density at radius 1 is 1.03 bits per heavy atom. The monoisotopic (exact) mass is 401 g/mol. The van der Waals surface area contributed by atoms with E-state index >= 15 is 0 Å². The lowest BCUT2D eigenvalue weighted by Crippen LogP contribution is -2.34. The number of piperidine rings is 1. The molecule has 29 heavy (non-hydrogen) atoms. The second-order valence-corrected chi connectivity index (χ2v) is 8.08. The van der Waals surface area contributed by atoms with Gasteiger partial charge in [0.2, 0.25) is 0 Å². The third-order valence-electron chi connectivity index (χ3n) is 6.07. The van der Waals surface area contributed by atoms with E-state index < -0.39 is 11.7 Å². The minimum absolute atomic E-state index is 0.0833. The standard InChI is InChI=1S/C21H22F3N5/c22-21(23,24)19-17(7-11-29-18(12-14-3-4-14)26-27-20(19)29)28-9-5-15(6-10-28)16-2-1-8-25-13-16/h1-2,7-8,11,13-15H,3-6,9-10,12H2. The Morgan fingerprint density at radius 2 is 1.83 bits per heavy atom. The third kappa shape index (κ3) is 3.56. The molecule has 3 aromatic heterocycles. The SMILES string of the molecule is FC(F)(F)c1c(N2CCC(c3cccnc3)CC2)ccn2c(CC3CC3)nnc12. The quantitative estimate of drug-likeness (QED) is 0.647. The highest BCUT2D eigenvalue weighted by Crippen LogP contribution is 2.41.